The van der Waals surface area contributed by atoms with Crippen LogP contribution in [0.25, 0.3) is 0 Å². The Bertz CT molecular complexity index is 10.8. The van der Waals surface area contributed by atoms with Gasteiger partial charge in [-0.2, -0.15) is 0 Å². The second-order valence-corrected chi connectivity index (χ2v) is 18.3. The van der Waals surface area contributed by atoms with Crippen LogP contribution in [-0.2, 0) is 0 Å². The predicted octanol–water partition coefficient (Wildman–Crippen LogP) is -3.01. The summed E-state index contributed by atoms with van der Waals surface area (Å²) in [5, 5.41) is 8.22. The van der Waals surface area contributed by atoms with Crippen molar-refractivity contribution in [1.82, 2.24) is 0 Å². The molecule has 0 rings (SSSR count). The molecule has 0 aliphatic heterocycles. The third kappa shape index (κ3) is 11.7. The normalized spacial score (nSPS) is 17.2. The van der Waals surface area contributed by atoms with Crippen molar-refractivity contribution >= 4 is 33.0 Å². The van der Waals surface area contributed by atoms with E-state index >= 15 is 0 Å². The number of aliphatic hydroxyl groups is 1. The third-order valence-corrected chi connectivity index (χ3v) is 0. The summed E-state index contributed by atoms with van der Waals surface area (Å²) in [6, 6.07) is 0. The zero-order valence-electron chi connectivity index (χ0n) is 3.02. The topological polar surface area (TPSA) is 20.2 Å². The number of aliphatic hydroxyl groups excluding tert-OH is 1. The van der Waals surface area contributed by atoms with Gasteiger partial charge in [-0.05, 0) is 0 Å². The van der Waals surface area contributed by atoms with E-state index in [1.807, 2.05) is 0 Å². The van der Waals surface area contributed by atoms with Crippen LogP contribution in [0.15, 0.2) is 0 Å². The summed E-state index contributed by atoms with van der Waals surface area (Å²) in [7, 11) is 0. The monoisotopic (exact) mass is 184 g/mol. The summed E-state index contributed by atoms with van der Waals surface area (Å²) in [5.41, 5.74) is 0. The molecule has 0 bridgehead atoms. The molecule has 0 amide bonds. The van der Waals surface area contributed by atoms with Crippen LogP contribution in [0.3, 0.4) is 0 Å². The molecule has 0 aliphatic carbocycles. The zero-order valence-corrected chi connectivity index (χ0v) is 11.4. The van der Waals surface area contributed by atoms with E-state index in [-0.39, 0.29) is 3.77 Å². The van der Waals surface area contributed by atoms with Crippen LogP contribution in [0.2, 0.25) is 0 Å². The molecule has 0 saturated carbocycles. The molecule has 0 aromatic heterocycles. The van der Waals surface area contributed by atoms with Gasteiger partial charge in [-0.1, -0.05) is 0 Å². The van der Waals surface area contributed by atoms with Gasteiger partial charge in [0.1, 0.15) is 0 Å². The molecule has 0 spiro atoms. The second-order valence-electron chi connectivity index (χ2n) is 1.09. The van der Waals surface area contributed by atoms with Gasteiger partial charge in [-0.25, -0.2) is 0 Å². The van der Waals surface area contributed by atoms with Crippen molar-refractivity contribution < 1.29 is 5.11 Å². The van der Waals surface area contributed by atoms with Gasteiger partial charge in [0.25, 0.3) is 0 Å². The first-order valence-corrected chi connectivity index (χ1v) is 6.26. The Morgan fingerprint density at radius 3 is 1.50 bits per heavy atom. The number of hydrogen-bond donors (Lipinski definition) is 1. The molecule has 0 radical (unpaired) electrons. The van der Waals surface area contributed by atoms with Crippen LogP contribution >= 0.6 is 0 Å². The van der Waals surface area contributed by atoms with E-state index in [1.54, 1.807) is 0 Å². The molecule has 26 valence electrons. The van der Waals surface area contributed by atoms with Crippen molar-refractivity contribution in [1.29, 1.82) is 0 Å². The maximum absolute atomic E-state index is 8.22. The van der Waals surface area contributed by atoms with Crippen LogP contribution in [0.5, 0.6) is 0 Å². The van der Waals surface area contributed by atoms with E-state index in [0.29, 0.717) is 33.0 Å². The van der Waals surface area contributed by atoms with Crippen LogP contribution in [0, 0.1) is 0 Å². The molecule has 1 nitrogen and oxygen atoms in total. The molecule has 0 aliphatic rings. The van der Waals surface area contributed by atoms with Crippen molar-refractivity contribution in [3.63, 3.8) is 0 Å². The van der Waals surface area contributed by atoms with Gasteiger partial charge in [-0.3, -0.25) is 0 Å². The first kappa shape index (κ1) is 5.05. The summed E-state index contributed by atoms with van der Waals surface area (Å²) in [6.45, 7) is 0. The zero-order chi connectivity index (χ0) is 3.58. The Labute approximate surface area is 42.2 Å². The van der Waals surface area contributed by atoms with Crippen molar-refractivity contribution in [2.24, 2.45) is 0 Å². The van der Waals surface area contributed by atoms with Gasteiger partial charge in [0.15, 0.2) is 0 Å². The molecule has 0 atom stereocenters. The molecular weight excluding hydrogens is 173 g/mol. The fourth-order valence-electron chi connectivity index (χ4n) is 0. The van der Waals surface area contributed by atoms with Crippen LogP contribution in [0.4, 0.5) is 0 Å². The Hall–Kier alpha value is 1.05. The second kappa shape index (κ2) is 2.29. The molecule has 0 aromatic carbocycles. The predicted molar refractivity (Wildman–Crippen MR) is 25.9 cm³/mol. The molecule has 4 heavy (non-hydrogen) atoms. The summed E-state index contributed by atoms with van der Waals surface area (Å²) in [5.74, 6) is 0. The van der Waals surface area contributed by atoms with E-state index in [0.717, 1.165) is 0 Å². The molecule has 0 fully saturated rings. The molecule has 0 aromatic rings. The Balaban J connectivity index is 2.32. The Morgan fingerprint density at radius 1 is 1.50 bits per heavy atom. The molecule has 3 heteroatoms. The van der Waals surface area contributed by atoms with Crippen molar-refractivity contribution in [3.8, 4) is 0 Å². The summed E-state index contributed by atoms with van der Waals surface area (Å²) in [4.78, 5) is 0. The van der Waals surface area contributed by atoms with Gasteiger partial charge in [0.2, 0.25) is 0 Å². The standard InChI is InChI=1S/CH8Ge2O/c2-1(3)4/h1,4H,2-3H3. The van der Waals surface area contributed by atoms with E-state index in [4.69, 9.17) is 5.11 Å². The maximum atomic E-state index is 8.22. The van der Waals surface area contributed by atoms with Gasteiger partial charge < -0.3 is 0 Å². The molecule has 0 heterocycles. The Morgan fingerprint density at radius 2 is 1.50 bits per heavy atom. The number of hydrogen-bond acceptors (Lipinski definition) is 1. The summed E-state index contributed by atoms with van der Waals surface area (Å²) in [6.07, 6.45) is 0. The van der Waals surface area contributed by atoms with Gasteiger partial charge >= 0.3 is 41.9 Å². The van der Waals surface area contributed by atoms with Crippen LogP contribution in [-0.4, -0.2) is 41.9 Å². The minimum absolute atomic E-state index is 0.208. The fourth-order valence-corrected chi connectivity index (χ4v) is 0. The van der Waals surface area contributed by atoms with E-state index < -0.39 is 0 Å². The molecular formula is CH8Ge2O. The summed E-state index contributed by atoms with van der Waals surface area (Å²) >= 11 is 1.40. The fraction of sp³-hybridized carbons (Fsp3) is 1.00. The molecule has 0 saturated heterocycles. The van der Waals surface area contributed by atoms with Crippen LogP contribution in [0.1, 0.15) is 0 Å². The average Bonchev–Trinajstić information content (AvgIpc) is 0.811. The van der Waals surface area contributed by atoms with Gasteiger partial charge in [-0.15, -0.1) is 0 Å². The van der Waals surface area contributed by atoms with E-state index in [1.165, 1.54) is 0 Å². The first-order chi connectivity index (χ1) is 1.73. The van der Waals surface area contributed by atoms with Crippen molar-refractivity contribution in [3.05, 3.63) is 0 Å². The van der Waals surface area contributed by atoms with Crippen LogP contribution < -0.4 is 0 Å². The van der Waals surface area contributed by atoms with Crippen molar-refractivity contribution in [2.75, 3.05) is 0 Å². The van der Waals surface area contributed by atoms with Crippen molar-refractivity contribution in [2.45, 2.75) is 3.77 Å². The summed E-state index contributed by atoms with van der Waals surface area (Å²) < 4.78 is 0.208. The molecule has 1 N–H and O–H groups in total. The van der Waals surface area contributed by atoms with Gasteiger partial charge in [0.05, 0.1) is 0 Å². The number of rotatable bonds is 0. The van der Waals surface area contributed by atoms with E-state index in [9.17, 15) is 0 Å². The quantitative estimate of drug-likeness (QED) is 0.395. The Kier molecular flexibility index (Phi) is 2.89. The minimum atomic E-state index is 0.208. The average molecular weight is 181 g/mol. The first-order valence-electron chi connectivity index (χ1n) is 1.41. The van der Waals surface area contributed by atoms with Gasteiger partial charge in [0, 0.05) is 0 Å². The third-order valence-electron chi connectivity index (χ3n) is 0. The van der Waals surface area contributed by atoms with E-state index in [2.05, 4.69) is 0 Å². The SMILES string of the molecule is O[CH]([GeH3])[GeH3]. The molecule has 0 unspecified atom stereocenters.